The number of anilines is 1. The van der Waals surface area contributed by atoms with Crippen LogP contribution in [0.25, 0.3) is 22.2 Å². The molecule has 1 saturated heterocycles. The SMILES string of the molecule is Cc1ncc(Cl)c([C@@H](C)Oc2ccc3[nH]nc(-c4ccc(N[SH]5(=O)CCCC5)nc4)c3c2)c1Cl. The summed E-state index contributed by atoms with van der Waals surface area (Å²) >= 11 is 12.8. The molecule has 4 heterocycles. The molecular formula is C24H25Cl2N5O2S. The van der Waals surface area contributed by atoms with E-state index >= 15 is 0 Å². The van der Waals surface area contributed by atoms with Gasteiger partial charge in [-0.15, -0.1) is 0 Å². The maximum atomic E-state index is 12.8. The highest BCUT2D eigenvalue weighted by atomic mass is 35.5. The molecule has 0 unspecified atom stereocenters. The van der Waals surface area contributed by atoms with E-state index in [0.717, 1.165) is 46.5 Å². The van der Waals surface area contributed by atoms with Crippen LogP contribution in [0.15, 0.2) is 42.7 Å². The fraction of sp³-hybridized carbons (Fsp3) is 0.292. The highest BCUT2D eigenvalue weighted by Gasteiger charge is 2.21. The Morgan fingerprint density at radius 2 is 1.91 bits per heavy atom. The van der Waals surface area contributed by atoms with Crippen molar-refractivity contribution in [2.24, 2.45) is 0 Å². The topological polar surface area (TPSA) is 92.8 Å². The number of nitrogens with zero attached hydrogens (tertiary/aromatic N) is 3. The Bertz CT molecular complexity index is 1400. The molecule has 2 N–H and O–H groups in total. The van der Waals surface area contributed by atoms with Crippen molar-refractivity contribution >= 4 is 50.0 Å². The minimum absolute atomic E-state index is 0.375. The largest absolute Gasteiger partial charge is 0.486 e. The lowest BCUT2D eigenvalue weighted by Gasteiger charge is -2.19. The molecule has 10 heteroatoms. The lowest BCUT2D eigenvalue weighted by molar-refractivity contribution is 0.227. The van der Waals surface area contributed by atoms with Gasteiger partial charge >= 0.3 is 0 Å². The number of H-pyrrole nitrogens is 1. The summed E-state index contributed by atoms with van der Waals surface area (Å²) in [6.07, 6.45) is 4.97. The molecule has 7 nitrogen and oxygen atoms in total. The van der Waals surface area contributed by atoms with Crippen molar-refractivity contribution in [2.45, 2.75) is 32.8 Å². The highest BCUT2D eigenvalue weighted by Crippen LogP contribution is 2.36. The van der Waals surface area contributed by atoms with Crippen LogP contribution in [-0.2, 0) is 10.1 Å². The number of pyridine rings is 2. The lowest BCUT2D eigenvalue weighted by Crippen LogP contribution is -2.24. The maximum Gasteiger partial charge on any atom is 0.136 e. The van der Waals surface area contributed by atoms with Gasteiger partial charge < -0.3 is 9.46 Å². The van der Waals surface area contributed by atoms with Gasteiger partial charge in [0.1, 0.15) is 23.4 Å². The van der Waals surface area contributed by atoms with Gasteiger partial charge in [-0.25, -0.2) is 4.98 Å². The Labute approximate surface area is 208 Å². The summed E-state index contributed by atoms with van der Waals surface area (Å²) in [4.78, 5) is 8.67. The van der Waals surface area contributed by atoms with Crippen molar-refractivity contribution in [3.8, 4) is 17.0 Å². The lowest BCUT2D eigenvalue weighted by atomic mass is 10.1. The van der Waals surface area contributed by atoms with Crippen LogP contribution >= 0.6 is 23.2 Å². The van der Waals surface area contributed by atoms with E-state index in [0.29, 0.717) is 32.9 Å². The molecule has 0 spiro atoms. The maximum absolute atomic E-state index is 12.8. The molecule has 3 aromatic heterocycles. The average molecular weight is 518 g/mol. The molecule has 1 aliphatic rings. The Kier molecular flexibility index (Phi) is 6.22. The number of aryl methyl sites for hydroxylation is 1. The molecule has 0 radical (unpaired) electrons. The van der Waals surface area contributed by atoms with Crippen LogP contribution in [0.3, 0.4) is 0 Å². The van der Waals surface area contributed by atoms with Crippen LogP contribution in [0, 0.1) is 6.92 Å². The van der Waals surface area contributed by atoms with Crippen LogP contribution in [-0.4, -0.2) is 35.9 Å². The zero-order valence-electron chi connectivity index (χ0n) is 18.8. The first-order valence-corrected chi connectivity index (χ1v) is 13.9. The number of benzene rings is 1. The molecule has 178 valence electrons. The van der Waals surface area contributed by atoms with E-state index in [4.69, 9.17) is 27.9 Å². The number of aromatic amines is 1. The zero-order valence-corrected chi connectivity index (χ0v) is 21.2. The Morgan fingerprint density at radius 1 is 1.12 bits per heavy atom. The molecule has 0 aliphatic carbocycles. The van der Waals surface area contributed by atoms with Gasteiger partial charge in [0.25, 0.3) is 0 Å². The number of halogens is 2. The summed E-state index contributed by atoms with van der Waals surface area (Å²) in [5, 5.41) is 9.42. The second-order valence-electron chi connectivity index (χ2n) is 8.55. The third-order valence-electron chi connectivity index (χ3n) is 6.08. The van der Waals surface area contributed by atoms with Crippen molar-refractivity contribution in [1.29, 1.82) is 0 Å². The van der Waals surface area contributed by atoms with Gasteiger partial charge in [0, 0.05) is 40.4 Å². The Morgan fingerprint density at radius 3 is 2.65 bits per heavy atom. The quantitative estimate of drug-likeness (QED) is 0.276. The van der Waals surface area contributed by atoms with Gasteiger partial charge in [-0.05, 0) is 67.1 Å². The molecule has 1 atom stereocenters. The van der Waals surface area contributed by atoms with Gasteiger partial charge in [-0.2, -0.15) is 5.10 Å². The van der Waals surface area contributed by atoms with Crippen molar-refractivity contribution in [3.05, 3.63) is 64.0 Å². The second kappa shape index (κ2) is 9.17. The minimum atomic E-state index is -2.34. The molecule has 4 aromatic rings. The number of hydrogen-bond acceptors (Lipinski definition) is 5. The number of fused-ring (bicyclic) bond motifs is 1. The first-order chi connectivity index (χ1) is 16.3. The first-order valence-electron chi connectivity index (χ1n) is 11.1. The fourth-order valence-corrected chi connectivity index (χ4v) is 7.38. The molecule has 0 saturated carbocycles. The smallest absolute Gasteiger partial charge is 0.136 e. The molecule has 1 fully saturated rings. The number of ether oxygens (including phenoxy) is 1. The van der Waals surface area contributed by atoms with Crippen molar-refractivity contribution in [1.82, 2.24) is 20.2 Å². The van der Waals surface area contributed by atoms with Gasteiger partial charge in [-0.3, -0.25) is 14.3 Å². The van der Waals surface area contributed by atoms with E-state index in [1.165, 1.54) is 0 Å². The van der Waals surface area contributed by atoms with Crippen LogP contribution in [0.1, 0.15) is 37.1 Å². The zero-order chi connectivity index (χ0) is 23.9. The van der Waals surface area contributed by atoms with Gasteiger partial charge in [0.2, 0.25) is 0 Å². The number of rotatable bonds is 6. The summed E-state index contributed by atoms with van der Waals surface area (Å²) in [6.45, 7) is 3.73. The van der Waals surface area contributed by atoms with Crippen LogP contribution in [0.4, 0.5) is 5.82 Å². The third kappa shape index (κ3) is 4.50. The summed E-state index contributed by atoms with van der Waals surface area (Å²) < 4.78 is 22.1. The fourth-order valence-electron chi connectivity index (χ4n) is 4.27. The minimum Gasteiger partial charge on any atom is -0.486 e. The van der Waals surface area contributed by atoms with E-state index < -0.39 is 10.1 Å². The van der Waals surface area contributed by atoms with Crippen LogP contribution in [0.5, 0.6) is 5.75 Å². The summed E-state index contributed by atoms with van der Waals surface area (Å²) in [7, 11) is -2.34. The van der Waals surface area contributed by atoms with Crippen molar-refractivity contribution in [3.63, 3.8) is 0 Å². The van der Waals surface area contributed by atoms with Gasteiger partial charge in [-0.1, -0.05) is 23.2 Å². The molecule has 5 rings (SSSR count). The predicted molar refractivity (Wildman–Crippen MR) is 139 cm³/mol. The molecule has 34 heavy (non-hydrogen) atoms. The van der Waals surface area contributed by atoms with Gasteiger partial charge in [0.05, 0.1) is 21.3 Å². The van der Waals surface area contributed by atoms with E-state index in [-0.39, 0.29) is 6.10 Å². The van der Waals surface area contributed by atoms with Crippen LogP contribution in [0.2, 0.25) is 10.0 Å². The summed E-state index contributed by atoms with van der Waals surface area (Å²) in [6, 6.07) is 9.52. The second-order valence-corrected chi connectivity index (χ2v) is 12.2. The highest BCUT2D eigenvalue weighted by molar-refractivity contribution is 8.04. The van der Waals surface area contributed by atoms with E-state index in [1.807, 2.05) is 44.2 Å². The van der Waals surface area contributed by atoms with E-state index in [1.54, 1.807) is 12.4 Å². The number of hydrogen-bond donors (Lipinski definition) is 3. The van der Waals surface area contributed by atoms with E-state index in [2.05, 4.69) is 24.9 Å². The number of aromatic nitrogens is 4. The van der Waals surface area contributed by atoms with Crippen molar-refractivity contribution < 1.29 is 8.95 Å². The molecule has 1 aromatic carbocycles. The summed E-state index contributed by atoms with van der Waals surface area (Å²) in [5.41, 5.74) is 3.89. The molecule has 0 bridgehead atoms. The summed E-state index contributed by atoms with van der Waals surface area (Å²) in [5.74, 6) is 2.76. The predicted octanol–water partition coefficient (Wildman–Crippen LogP) is 5.91. The average Bonchev–Trinajstić information content (AvgIpc) is 3.43. The normalized spacial score (nSPS) is 16.9. The first kappa shape index (κ1) is 23.1. The Balaban J connectivity index is 1.40. The van der Waals surface area contributed by atoms with Crippen molar-refractivity contribution in [2.75, 3.05) is 16.2 Å². The van der Waals surface area contributed by atoms with E-state index in [9.17, 15) is 4.21 Å². The van der Waals surface area contributed by atoms with Gasteiger partial charge in [0.15, 0.2) is 0 Å². The standard InChI is InChI=1S/C24H25Cl2N5O2S/c1-14-23(26)22(19(25)13-27-14)15(2)33-17-6-7-20-18(11-17)24(30-29-20)16-5-8-21(28-12-16)31-34(32)9-3-4-10-34/h5-8,11-13,15,34H,3-4,9-10H2,1-2H3,(H,29,30)(H,28,31,32)/t15-/m1/s1. The number of thiol groups is 1. The molecule has 0 amide bonds. The van der Waals surface area contributed by atoms with Crippen LogP contribution < -0.4 is 9.46 Å². The Hall–Kier alpha value is -2.68. The third-order valence-corrected chi connectivity index (χ3v) is 9.57. The monoisotopic (exact) mass is 517 g/mol. The number of nitrogens with one attached hydrogen (secondary N) is 2. The molecule has 1 aliphatic heterocycles. The molecular weight excluding hydrogens is 493 g/mol.